The molecule has 248 valence electrons. The summed E-state index contributed by atoms with van der Waals surface area (Å²) in [7, 11) is 0. The maximum atomic E-state index is 6.65. The zero-order valence-electron chi connectivity index (χ0n) is 28.8. The molecule has 0 fully saturated rings. The van der Waals surface area contributed by atoms with Crippen molar-refractivity contribution in [1.82, 2.24) is 9.97 Å². The van der Waals surface area contributed by atoms with Crippen LogP contribution in [0.3, 0.4) is 0 Å². The lowest BCUT2D eigenvalue weighted by Gasteiger charge is -2.11. The van der Waals surface area contributed by atoms with Crippen molar-refractivity contribution in [3.05, 3.63) is 194 Å². The minimum absolute atomic E-state index is 0.712. The van der Waals surface area contributed by atoms with Gasteiger partial charge in [-0.25, -0.2) is 9.97 Å². The summed E-state index contributed by atoms with van der Waals surface area (Å²) in [6.45, 7) is 0. The molecule has 2 aromatic heterocycles. The molecule has 0 atom stereocenters. The van der Waals surface area contributed by atoms with Crippen molar-refractivity contribution in [3.63, 3.8) is 0 Å². The van der Waals surface area contributed by atoms with Crippen molar-refractivity contribution in [3.8, 4) is 67.3 Å². The Hall–Kier alpha value is -7.10. The smallest absolute Gasteiger partial charge is 0.160 e. The van der Waals surface area contributed by atoms with E-state index in [1.54, 1.807) is 0 Å². The molecular formula is C50H32N2O. The highest BCUT2D eigenvalue weighted by atomic mass is 16.3. The van der Waals surface area contributed by atoms with Gasteiger partial charge in [0.05, 0.1) is 11.4 Å². The minimum Gasteiger partial charge on any atom is -0.455 e. The average molecular weight is 677 g/mol. The first kappa shape index (κ1) is 30.7. The Morgan fingerprint density at radius 3 is 1.58 bits per heavy atom. The first-order chi connectivity index (χ1) is 26.3. The maximum Gasteiger partial charge on any atom is 0.160 e. The molecule has 10 aromatic rings. The largest absolute Gasteiger partial charge is 0.455 e. The van der Waals surface area contributed by atoms with Gasteiger partial charge in [-0.3, -0.25) is 0 Å². The maximum absolute atomic E-state index is 6.65. The van der Waals surface area contributed by atoms with Gasteiger partial charge >= 0.3 is 0 Å². The monoisotopic (exact) mass is 676 g/mol. The Bertz CT molecular complexity index is 2860. The molecule has 0 aliphatic carbocycles. The van der Waals surface area contributed by atoms with Crippen molar-refractivity contribution < 1.29 is 4.42 Å². The topological polar surface area (TPSA) is 38.9 Å². The zero-order valence-corrected chi connectivity index (χ0v) is 28.8. The van der Waals surface area contributed by atoms with E-state index in [-0.39, 0.29) is 0 Å². The molecule has 0 saturated heterocycles. The summed E-state index contributed by atoms with van der Waals surface area (Å²) in [4.78, 5) is 9.99. The van der Waals surface area contributed by atoms with E-state index in [9.17, 15) is 0 Å². The Labute approximate surface area is 307 Å². The van der Waals surface area contributed by atoms with E-state index in [0.29, 0.717) is 5.82 Å². The highest BCUT2D eigenvalue weighted by Gasteiger charge is 2.18. The van der Waals surface area contributed by atoms with E-state index in [4.69, 9.17) is 14.4 Å². The molecular weight excluding hydrogens is 645 g/mol. The summed E-state index contributed by atoms with van der Waals surface area (Å²) < 4.78 is 6.65. The quantitative estimate of drug-likeness (QED) is 0.176. The lowest BCUT2D eigenvalue weighted by atomic mass is 9.92. The molecule has 0 aliphatic rings. The lowest BCUT2D eigenvalue weighted by Crippen LogP contribution is -1.95. The van der Waals surface area contributed by atoms with Crippen LogP contribution in [0, 0.1) is 0 Å². The second-order valence-corrected chi connectivity index (χ2v) is 13.3. The van der Waals surface area contributed by atoms with Crippen LogP contribution in [-0.4, -0.2) is 9.97 Å². The second kappa shape index (κ2) is 12.9. The van der Waals surface area contributed by atoms with E-state index in [1.807, 2.05) is 36.4 Å². The summed E-state index contributed by atoms with van der Waals surface area (Å²) >= 11 is 0. The molecule has 3 nitrogen and oxygen atoms in total. The van der Waals surface area contributed by atoms with Crippen LogP contribution in [0.2, 0.25) is 0 Å². The van der Waals surface area contributed by atoms with Crippen LogP contribution in [0.1, 0.15) is 0 Å². The molecule has 2 heterocycles. The van der Waals surface area contributed by atoms with Gasteiger partial charge in [0.2, 0.25) is 0 Å². The number of benzene rings is 8. The number of nitrogens with zero attached hydrogens (tertiary/aromatic N) is 2. The van der Waals surface area contributed by atoms with E-state index in [1.165, 1.54) is 16.5 Å². The van der Waals surface area contributed by atoms with Crippen LogP contribution in [0.25, 0.3) is 100.0 Å². The third-order valence-corrected chi connectivity index (χ3v) is 10.1. The SMILES string of the molecule is c1ccc(-c2cc(-c3ccc(-c4cccc(-c5cccc6oc7c8ccccc8c(-c8ccccc8)cc7c56)c4)cc3)nc(-c3ccccc3)n2)cc1. The second-order valence-electron chi connectivity index (χ2n) is 13.3. The van der Waals surface area contributed by atoms with Crippen LogP contribution in [0.4, 0.5) is 0 Å². The molecule has 0 unspecified atom stereocenters. The molecule has 0 saturated carbocycles. The van der Waals surface area contributed by atoms with Crippen LogP contribution in [-0.2, 0) is 0 Å². The van der Waals surface area contributed by atoms with Crippen LogP contribution in [0.5, 0.6) is 0 Å². The van der Waals surface area contributed by atoms with Gasteiger partial charge in [0.1, 0.15) is 11.2 Å². The average Bonchev–Trinajstić information content (AvgIpc) is 3.63. The first-order valence-electron chi connectivity index (χ1n) is 17.9. The predicted molar refractivity (Wildman–Crippen MR) is 219 cm³/mol. The number of furan rings is 1. The Morgan fingerprint density at radius 1 is 0.321 bits per heavy atom. The number of hydrogen-bond acceptors (Lipinski definition) is 3. The van der Waals surface area contributed by atoms with Crippen molar-refractivity contribution >= 4 is 32.7 Å². The van der Waals surface area contributed by atoms with Crippen molar-refractivity contribution in [2.75, 3.05) is 0 Å². The molecule has 3 heteroatoms. The summed E-state index contributed by atoms with van der Waals surface area (Å²) in [6.07, 6.45) is 0. The predicted octanol–water partition coefficient (Wildman–Crippen LogP) is 13.5. The van der Waals surface area contributed by atoms with E-state index >= 15 is 0 Å². The van der Waals surface area contributed by atoms with Crippen molar-refractivity contribution in [2.24, 2.45) is 0 Å². The van der Waals surface area contributed by atoms with Gasteiger partial charge in [0, 0.05) is 32.8 Å². The Morgan fingerprint density at radius 2 is 0.868 bits per heavy atom. The van der Waals surface area contributed by atoms with E-state index in [0.717, 1.165) is 77.7 Å². The summed E-state index contributed by atoms with van der Waals surface area (Å²) in [5.41, 5.74) is 13.7. The van der Waals surface area contributed by atoms with Gasteiger partial charge in [-0.05, 0) is 63.0 Å². The molecule has 0 radical (unpaired) electrons. The third-order valence-electron chi connectivity index (χ3n) is 10.1. The molecule has 0 bridgehead atoms. The van der Waals surface area contributed by atoms with Gasteiger partial charge in [0.25, 0.3) is 0 Å². The number of hydrogen-bond donors (Lipinski definition) is 0. The van der Waals surface area contributed by atoms with Crippen molar-refractivity contribution in [2.45, 2.75) is 0 Å². The molecule has 0 aliphatic heterocycles. The van der Waals surface area contributed by atoms with Gasteiger partial charge in [0.15, 0.2) is 5.82 Å². The number of rotatable bonds is 6. The molecule has 8 aromatic carbocycles. The van der Waals surface area contributed by atoms with Crippen LogP contribution >= 0.6 is 0 Å². The summed E-state index contributed by atoms with van der Waals surface area (Å²) in [5, 5.41) is 4.56. The lowest BCUT2D eigenvalue weighted by molar-refractivity contribution is 0.673. The van der Waals surface area contributed by atoms with Crippen LogP contribution in [0.15, 0.2) is 199 Å². The first-order valence-corrected chi connectivity index (χ1v) is 17.9. The molecule has 0 spiro atoms. The fourth-order valence-corrected chi connectivity index (χ4v) is 7.51. The molecule has 0 N–H and O–H groups in total. The Kier molecular flexibility index (Phi) is 7.47. The van der Waals surface area contributed by atoms with Gasteiger partial charge in [-0.2, -0.15) is 0 Å². The highest BCUT2D eigenvalue weighted by molar-refractivity contribution is 6.22. The highest BCUT2D eigenvalue weighted by Crippen LogP contribution is 2.43. The summed E-state index contributed by atoms with van der Waals surface area (Å²) in [6, 6.07) is 67.9. The van der Waals surface area contributed by atoms with E-state index < -0.39 is 0 Å². The van der Waals surface area contributed by atoms with Gasteiger partial charge < -0.3 is 4.42 Å². The number of aromatic nitrogens is 2. The fourth-order valence-electron chi connectivity index (χ4n) is 7.51. The molecule has 53 heavy (non-hydrogen) atoms. The third kappa shape index (κ3) is 5.56. The number of fused-ring (bicyclic) bond motifs is 5. The molecule has 10 rings (SSSR count). The molecule has 0 amide bonds. The van der Waals surface area contributed by atoms with Gasteiger partial charge in [-0.15, -0.1) is 0 Å². The van der Waals surface area contributed by atoms with Crippen molar-refractivity contribution in [1.29, 1.82) is 0 Å². The van der Waals surface area contributed by atoms with Gasteiger partial charge in [-0.1, -0.05) is 170 Å². The Balaban J connectivity index is 1.06. The van der Waals surface area contributed by atoms with E-state index in [2.05, 4.69) is 158 Å². The fraction of sp³-hybridized carbons (Fsp3) is 0. The summed E-state index contributed by atoms with van der Waals surface area (Å²) in [5.74, 6) is 0.712. The van der Waals surface area contributed by atoms with Crippen LogP contribution < -0.4 is 0 Å². The normalized spacial score (nSPS) is 11.4. The standard InChI is InChI=1S/C50H32N2O/c1-4-14-34(15-5-1)43-31-44-48-40(24-13-25-47(48)53-49(44)42-23-11-10-22-41(42)43)39-21-12-20-38(30-39)33-26-28-36(29-27-33)46-32-45(35-16-6-2-7-17-35)51-50(52-46)37-18-8-3-9-19-37/h1-32H. The zero-order chi connectivity index (χ0) is 35.1. The minimum atomic E-state index is 0.712.